The summed E-state index contributed by atoms with van der Waals surface area (Å²) in [6.07, 6.45) is 3.55. The van der Waals surface area contributed by atoms with Gasteiger partial charge in [0.05, 0.1) is 21.3 Å². The molecule has 2 aromatic heterocycles. The number of aromatic nitrogens is 3. The normalized spacial score (nSPS) is 10.5. The van der Waals surface area contributed by atoms with Crippen LogP contribution in [0, 0.1) is 0 Å². The Kier molecular flexibility index (Phi) is 5.39. The van der Waals surface area contributed by atoms with Gasteiger partial charge in [0.15, 0.2) is 11.5 Å². The van der Waals surface area contributed by atoms with Gasteiger partial charge in [-0.15, -0.1) is 10.2 Å². The van der Waals surface area contributed by atoms with Crippen LogP contribution in [0.2, 0.25) is 0 Å². The van der Waals surface area contributed by atoms with Gasteiger partial charge >= 0.3 is 0 Å². The van der Waals surface area contributed by atoms with Gasteiger partial charge in [-0.2, -0.15) is 0 Å². The molecule has 2 heterocycles. The first-order valence-corrected chi connectivity index (χ1v) is 8.39. The number of methoxy groups -OCH3 is 3. The monoisotopic (exact) mass is 359 g/mol. The molecule has 7 nitrogen and oxygen atoms in total. The molecule has 0 N–H and O–H groups in total. The second kappa shape index (κ2) is 7.89. The first-order chi connectivity index (χ1) is 12.2. The van der Waals surface area contributed by atoms with Crippen molar-refractivity contribution in [2.45, 2.75) is 11.0 Å². The highest BCUT2D eigenvalue weighted by molar-refractivity contribution is 7.98. The SMILES string of the molecule is COc1cc(-c2nnc(SCc3cccnc3)o2)cc(OC)c1OC. The van der Waals surface area contributed by atoms with E-state index in [0.29, 0.717) is 39.7 Å². The number of benzene rings is 1. The van der Waals surface area contributed by atoms with E-state index in [4.69, 9.17) is 18.6 Å². The lowest BCUT2D eigenvalue weighted by molar-refractivity contribution is 0.324. The Morgan fingerprint density at radius 1 is 1.04 bits per heavy atom. The molecule has 0 amide bonds. The van der Waals surface area contributed by atoms with Crippen LogP contribution in [0.15, 0.2) is 46.3 Å². The van der Waals surface area contributed by atoms with Crippen molar-refractivity contribution in [2.75, 3.05) is 21.3 Å². The van der Waals surface area contributed by atoms with Crippen molar-refractivity contribution in [3.63, 3.8) is 0 Å². The number of ether oxygens (including phenoxy) is 3. The molecule has 0 atom stereocenters. The van der Waals surface area contributed by atoms with E-state index in [2.05, 4.69) is 15.2 Å². The van der Waals surface area contributed by atoms with Gasteiger partial charge in [0.25, 0.3) is 5.22 Å². The van der Waals surface area contributed by atoms with Gasteiger partial charge in [-0.3, -0.25) is 4.98 Å². The lowest BCUT2D eigenvalue weighted by Gasteiger charge is -2.12. The molecule has 25 heavy (non-hydrogen) atoms. The summed E-state index contributed by atoms with van der Waals surface area (Å²) in [7, 11) is 4.67. The van der Waals surface area contributed by atoms with Crippen LogP contribution in [0.5, 0.6) is 17.2 Å². The van der Waals surface area contributed by atoms with Crippen molar-refractivity contribution in [3.8, 4) is 28.7 Å². The van der Waals surface area contributed by atoms with Crippen molar-refractivity contribution in [1.29, 1.82) is 0 Å². The van der Waals surface area contributed by atoms with Gasteiger partial charge in [0.1, 0.15) is 0 Å². The summed E-state index contributed by atoms with van der Waals surface area (Å²) in [6, 6.07) is 7.43. The van der Waals surface area contributed by atoms with Crippen LogP contribution < -0.4 is 14.2 Å². The molecular formula is C17H17N3O4S. The summed E-state index contributed by atoms with van der Waals surface area (Å²) in [4.78, 5) is 4.08. The summed E-state index contributed by atoms with van der Waals surface area (Å²) in [5.41, 5.74) is 1.77. The van der Waals surface area contributed by atoms with E-state index < -0.39 is 0 Å². The zero-order chi connectivity index (χ0) is 17.6. The Balaban J connectivity index is 1.82. The zero-order valence-corrected chi connectivity index (χ0v) is 14.9. The molecule has 0 spiro atoms. The molecule has 3 rings (SSSR count). The predicted octanol–water partition coefficient (Wildman–Crippen LogP) is 3.45. The van der Waals surface area contributed by atoms with Crippen LogP contribution in [0.1, 0.15) is 5.56 Å². The lowest BCUT2D eigenvalue weighted by atomic mass is 10.2. The molecule has 0 aliphatic rings. The summed E-state index contributed by atoms with van der Waals surface area (Å²) < 4.78 is 21.7. The molecule has 0 saturated carbocycles. The van der Waals surface area contributed by atoms with Crippen LogP contribution in [-0.2, 0) is 5.75 Å². The average molecular weight is 359 g/mol. The van der Waals surface area contributed by atoms with Crippen molar-refractivity contribution in [3.05, 3.63) is 42.2 Å². The van der Waals surface area contributed by atoms with E-state index in [1.54, 1.807) is 39.7 Å². The number of hydrogen-bond donors (Lipinski definition) is 0. The molecule has 8 heteroatoms. The predicted molar refractivity (Wildman–Crippen MR) is 93.2 cm³/mol. The fourth-order valence-electron chi connectivity index (χ4n) is 2.22. The molecular weight excluding hydrogens is 342 g/mol. The van der Waals surface area contributed by atoms with E-state index in [0.717, 1.165) is 5.56 Å². The Bertz CT molecular complexity index is 814. The minimum absolute atomic E-state index is 0.382. The molecule has 0 unspecified atom stereocenters. The molecule has 0 saturated heterocycles. The maximum absolute atomic E-state index is 5.73. The average Bonchev–Trinajstić information content (AvgIpc) is 3.15. The van der Waals surface area contributed by atoms with Crippen molar-refractivity contribution in [2.24, 2.45) is 0 Å². The van der Waals surface area contributed by atoms with Gasteiger partial charge in [-0.1, -0.05) is 17.8 Å². The van der Waals surface area contributed by atoms with Crippen LogP contribution in [0.25, 0.3) is 11.5 Å². The highest BCUT2D eigenvalue weighted by atomic mass is 32.2. The van der Waals surface area contributed by atoms with Crippen LogP contribution in [-0.4, -0.2) is 36.5 Å². The van der Waals surface area contributed by atoms with Crippen molar-refractivity contribution >= 4 is 11.8 Å². The maximum Gasteiger partial charge on any atom is 0.277 e. The molecule has 0 bridgehead atoms. The largest absolute Gasteiger partial charge is 0.493 e. The lowest BCUT2D eigenvalue weighted by Crippen LogP contribution is -1.95. The fraction of sp³-hybridized carbons (Fsp3) is 0.235. The number of pyridine rings is 1. The number of nitrogens with zero attached hydrogens (tertiary/aromatic N) is 3. The van der Waals surface area contributed by atoms with Crippen molar-refractivity contribution < 1.29 is 18.6 Å². The molecule has 0 aliphatic carbocycles. The summed E-state index contributed by atoms with van der Waals surface area (Å²) in [5, 5.41) is 8.65. The van der Waals surface area contributed by atoms with E-state index in [-0.39, 0.29) is 0 Å². The first-order valence-electron chi connectivity index (χ1n) is 7.40. The molecule has 0 radical (unpaired) electrons. The number of thioether (sulfide) groups is 1. The number of rotatable bonds is 7. The van der Waals surface area contributed by atoms with Crippen LogP contribution >= 0.6 is 11.8 Å². The Labute approximate surface area is 149 Å². The highest BCUT2D eigenvalue weighted by Crippen LogP contribution is 2.41. The van der Waals surface area contributed by atoms with Crippen LogP contribution in [0.3, 0.4) is 0 Å². The highest BCUT2D eigenvalue weighted by Gasteiger charge is 2.17. The third-order valence-corrected chi connectivity index (χ3v) is 4.29. The van der Waals surface area contributed by atoms with Crippen LogP contribution in [0.4, 0.5) is 0 Å². The molecule has 3 aromatic rings. The quantitative estimate of drug-likeness (QED) is 0.594. The van der Waals surface area contributed by atoms with Gasteiger partial charge in [0.2, 0.25) is 11.6 Å². The Morgan fingerprint density at radius 3 is 2.40 bits per heavy atom. The minimum Gasteiger partial charge on any atom is -0.493 e. The van der Waals surface area contributed by atoms with E-state index in [9.17, 15) is 0 Å². The zero-order valence-electron chi connectivity index (χ0n) is 14.1. The topological polar surface area (TPSA) is 79.5 Å². The third kappa shape index (κ3) is 3.85. The fourth-order valence-corrected chi connectivity index (χ4v) is 2.92. The molecule has 0 aliphatic heterocycles. The van der Waals surface area contributed by atoms with Crippen molar-refractivity contribution in [1.82, 2.24) is 15.2 Å². The second-order valence-electron chi connectivity index (χ2n) is 4.94. The third-order valence-electron chi connectivity index (χ3n) is 3.40. The van der Waals surface area contributed by atoms with Gasteiger partial charge < -0.3 is 18.6 Å². The minimum atomic E-state index is 0.382. The molecule has 130 valence electrons. The van der Waals surface area contributed by atoms with Gasteiger partial charge in [-0.05, 0) is 23.8 Å². The summed E-state index contributed by atoms with van der Waals surface area (Å²) in [5.74, 6) is 2.65. The Hall–Kier alpha value is -2.74. The number of hydrogen-bond acceptors (Lipinski definition) is 8. The second-order valence-corrected chi connectivity index (χ2v) is 5.86. The van der Waals surface area contributed by atoms with Gasteiger partial charge in [-0.25, -0.2) is 0 Å². The molecule has 1 aromatic carbocycles. The Morgan fingerprint density at radius 2 is 1.80 bits per heavy atom. The first kappa shape index (κ1) is 17.1. The van der Waals surface area contributed by atoms with E-state index in [1.807, 2.05) is 18.3 Å². The molecule has 0 fully saturated rings. The smallest absolute Gasteiger partial charge is 0.277 e. The van der Waals surface area contributed by atoms with E-state index >= 15 is 0 Å². The van der Waals surface area contributed by atoms with Gasteiger partial charge in [0, 0.05) is 23.7 Å². The van der Waals surface area contributed by atoms with E-state index in [1.165, 1.54) is 11.8 Å². The summed E-state index contributed by atoms with van der Waals surface area (Å²) in [6.45, 7) is 0. The standard InChI is InChI=1S/C17H17N3O4S/c1-21-13-7-12(8-14(22-2)15(13)23-3)16-19-20-17(24-16)25-10-11-5-4-6-18-9-11/h4-9H,10H2,1-3H3. The summed E-state index contributed by atoms with van der Waals surface area (Å²) >= 11 is 1.45. The maximum atomic E-state index is 5.73.